The molecule has 0 amide bonds. The Morgan fingerprint density at radius 3 is 1.15 bits per heavy atom. The lowest BCUT2D eigenvalue weighted by molar-refractivity contribution is -0.133. The van der Waals surface area contributed by atoms with Gasteiger partial charge < -0.3 is 15.1 Å². The standard InChI is InChI=1S/C64H21N3O4S2/c1-3-4-5-6-7-8-9-10-11-12-13-14-15-16-17-18-19-20-21-22-23-24-25-26-27-28-29-30-31-51-32-38-55(39-33-51)67(56-40-34-52(35-41-56)61-46-44-58(72-61)48-54(50-65)63(68)69)57-42-36-53(37-43-57)62-47-45-59(73-62)49-60(66-2)64(70)71/h1,32-49H,(H,68,69)(H,70,71). The van der Waals surface area contributed by atoms with Crippen molar-refractivity contribution in [2.24, 2.45) is 0 Å². The number of carboxylic acids is 2. The number of nitrogens with zero attached hydrogens (tertiary/aromatic N) is 3. The molecule has 0 radical (unpaired) electrons. The SMILES string of the molecule is [C-]#[N+]C(=Cc1ccc(-c2ccc(N(c3ccc(C#CC#CC#CC#CC#CC#CC#CC#CC#CC#CC#CC#CC#CC#CC#C)cc3)c3ccc(-c4ccc(C=C(C#N)C(=O)O)s4)cc3)cc2)s1)C(=O)O. The summed E-state index contributed by atoms with van der Waals surface area (Å²) in [5, 5.41) is 27.7. The lowest BCUT2D eigenvalue weighted by Crippen LogP contribution is -2.09. The van der Waals surface area contributed by atoms with Gasteiger partial charge in [0.15, 0.2) is 0 Å². The normalized spacial score (nSPS) is 8.45. The maximum absolute atomic E-state index is 11.4. The molecular formula is C64H21N3O4S2. The van der Waals surface area contributed by atoms with Crippen molar-refractivity contribution in [1.29, 1.82) is 5.26 Å². The van der Waals surface area contributed by atoms with E-state index in [1.54, 1.807) is 18.2 Å². The fourth-order valence-corrected chi connectivity index (χ4v) is 7.25. The van der Waals surface area contributed by atoms with E-state index in [1.807, 2.05) is 84.9 Å². The molecule has 0 fully saturated rings. The van der Waals surface area contributed by atoms with Crippen LogP contribution in [0.15, 0.2) is 108 Å². The van der Waals surface area contributed by atoms with Crippen molar-refractivity contribution in [1.82, 2.24) is 0 Å². The Labute approximate surface area is 431 Å². The number of benzene rings is 3. The van der Waals surface area contributed by atoms with Gasteiger partial charge in [-0.05, 0) is 191 Å². The van der Waals surface area contributed by atoms with Crippen LogP contribution in [0.25, 0.3) is 37.9 Å². The van der Waals surface area contributed by atoms with E-state index in [9.17, 15) is 25.1 Å². The number of hydrogen-bond donors (Lipinski definition) is 2. The summed E-state index contributed by atoms with van der Waals surface area (Å²) in [5.41, 5.74) is 4.37. The van der Waals surface area contributed by atoms with Crippen molar-refractivity contribution in [3.8, 4) is 205 Å². The Morgan fingerprint density at radius 2 is 0.822 bits per heavy atom. The highest BCUT2D eigenvalue weighted by atomic mass is 32.1. The summed E-state index contributed by atoms with van der Waals surface area (Å²) in [6, 6.07) is 32.5. The van der Waals surface area contributed by atoms with Gasteiger partial charge in [0.05, 0.1) is 6.57 Å². The molecule has 2 N–H and O–H groups in total. The first-order valence-corrected chi connectivity index (χ1v) is 21.9. The molecule has 0 aliphatic rings. The van der Waals surface area contributed by atoms with Crippen molar-refractivity contribution < 1.29 is 19.8 Å². The number of carbonyl (C=O) groups is 2. The van der Waals surface area contributed by atoms with Crippen LogP contribution in [0, 0.1) is 196 Å². The molecule has 0 aliphatic carbocycles. The molecule has 0 unspecified atom stereocenters. The second-order valence-corrected chi connectivity index (χ2v) is 15.2. The number of aliphatic carboxylic acids is 2. The fourth-order valence-electron chi connectivity index (χ4n) is 5.34. The van der Waals surface area contributed by atoms with Crippen LogP contribution < -0.4 is 4.90 Å². The fraction of sp³-hybridized carbons (Fsp3) is 0. The lowest BCUT2D eigenvalue weighted by Gasteiger charge is -2.26. The molecule has 2 aromatic heterocycles. The first-order valence-electron chi connectivity index (χ1n) is 20.2. The number of hydrogen-bond acceptors (Lipinski definition) is 6. The van der Waals surface area contributed by atoms with Gasteiger partial charge in [-0.25, -0.2) is 9.64 Å². The molecule has 2 heterocycles. The predicted octanol–water partition coefficient (Wildman–Crippen LogP) is 8.98. The summed E-state index contributed by atoms with van der Waals surface area (Å²) in [4.78, 5) is 31.0. The number of carboxylic acid groups (broad SMARTS) is 2. The summed E-state index contributed by atoms with van der Waals surface area (Å²) in [6.45, 7) is 7.16. The Morgan fingerprint density at radius 1 is 0.479 bits per heavy atom. The number of anilines is 3. The first-order chi connectivity index (χ1) is 35.8. The van der Waals surface area contributed by atoms with E-state index in [0.29, 0.717) is 9.75 Å². The van der Waals surface area contributed by atoms with Crippen LogP contribution in [0.5, 0.6) is 0 Å². The van der Waals surface area contributed by atoms with Crippen molar-refractivity contribution in [3.05, 3.63) is 135 Å². The average molecular weight is 960 g/mol. The Balaban J connectivity index is 1.24. The van der Waals surface area contributed by atoms with Gasteiger partial charge in [-0.1, -0.05) is 30.2 Å². The van der Waals surface area contributed by atoms with Crippen LogP contribution in [0.1, 0.15) is 15.3 Å². The molecule has 0 aliphatic heterocycles. The lowest BCUT2D eigenvalue weighted by atomic mass is 10.1. The van der Waals surface area contributed by atoms with Crippen molar-refractivity contribution in [3.63, 3.8) is 0 Å². The maximum Gasteiger partial charge on any atom is 0.346 e. The molecule has 3 aromatic carbocycles. The summed E-state index contributed by atoms with van der Waals surface area (Å²) < 4.78 is 0. The highest BCUT2D eigenvalue weighted by Gasteiger charge is 2.15. The highest BCUT2D eigenvalue weighted by molar-refractivity contribution is 7.16. The Bertz CT molecular complexity index is 4080. The molecule has 0 atom stereocenters. The van der Waals surface area contributed by atoms with Crippen LogP contribution >= 0.6 is 22.7 Å². The molecule has 5 aromatic rings. The van der Waals surface area contributed by atoms with E-state index in [-0.39, 0.29) is 11.3 Å². The van der Waals surface area contributed by atoms with Crippen LogP contribution in [-0.2, 0) is 9.59 Å². The number of terminal acetylenes is 1. The van der Waals surface area contributed by atoms with E-state index in [0.717, 1.165) is 43.5 Å². The first kappa shape index (κ1) is 51.6. The van der Waals surface area contributed by atoms with E-state index >= 15 is 0 Å². The summed E-state index contributed by atoms with van der Waals surface area (Å²) in [5.74, 6) is 70.9. The van der Waals surface area contributed by atoms with E-state index in [4.69, 9.17) is 13.0 Å². The molecule has 9 heteroatoms. The van der Waals surface area contributed by atoms with Crippen molar-refractivity contribution >= 4 is 63.8 Å². The van der Waals surface area contributed by atoms with Crippen molar-refractivity contribution in [2.75, 3.05) is 4.90 Å². The van der Waals surface area contributed by atoms with Crippen LogP contribution in [0.4, 0.5) is 17.1 Å². The minimum atomic E-state index is -1.29. The zero-order valence-corrected chi connectivity index (χ0v) is 39.0. The third-order valence-corrected chi connectivity index (χ3v) is 10.5. The monoisotopic (exact) mass is 959 g/mol. The molecule has 0 spiro atoms. The van der Waals surface area contributed by atoms with Crippen LogP contribution in [0.3, 0.4) is 0 Å². The quantitative estimate of drug-likeness (QED) is 0.0662. The number of nitriles is 1. The van der Waals surface area contributed by atoms with Gasteiger partial charge in [-0.15, -0.1) is 29.1 Å². The maximum atomic E-state index is 11.4. The van der Waals surface area contributed by atoms with Gasteiger partial charge in [0, 0.05) is 113 Å². The molecular weight excluding hydrogens is 939 g/mol. The van der Waals surface area contributed by atoms with Gasteiger partial charge in [-0.2, -0.15) is 5.26 Å². The van der Waals surface area contributed by atoms with Gasteiger partial charge in [0.2, 0.25) is 0 Å². The second-order valence-electron chi connectivity index (χ2n) is 12.9. The Hall–Kier alpha value is -12.3. The predicted molar refractivity (Wildman–Crippen MR) is 288 cm³/mol. The molecule has 0 bridgehead atoms. The minimum absolute atomic E-state index is 0.346. The highest BCUT2D eigenvalue weighted by Crippen LogP contribution is 2.39. The van der Waals surface area contributed by atoms with Crippen LogP contribution in [-0.4, -0.2) is 22.2 Å². The van der Waals surface area contributed by atoms with E-state index in [1.165, 1.54) is 34.8 Å². The topological polar surface area (TPSA) is 106 Å². The third kappa shape index (κ3) is 17.8. The van der Waals surface area contributed by atoms with Gasteiger partial charge in [0.1, 0.15) is 11.6 Å². The average Bonchev–Trinajstić information content (AvgIpc) is 4.09. The number of thiophene rings is 2. The molecule has 0 saturated carbocycles. The molecule has 73 heavy (non-hydrogen) atoms. The molecule has 328 valence electrons. The largest absolute Gasteiger partial charge is 0.486 e. The van der Waals surface area contributed by atoms with Crippen molar-refractivity contribution in [2.45, 2.75) is 0 Å². The summed E-state index contributed by atoms with van der Waals surface area (Å²) in [6.07, 6.45) is 7.67. The van der Waals surface area contributed by atoms with E-state index in [2.05, 4.69) is 181 Å². The van der Waals surface area contributed by atoms with Crippen LogP contribution in [0.2, 0.25) is 0 Å². The molecule has 5 rings (SSSR count). The smallest absolute Gasteiger partial charge is 0.346 e. The minimum Gasteiger partial charge on any atom is -0.486 e. The van der Waals surface area contributed by atoms with E-state index < -0.39 is 11.9 Å². The van der Waals surface area contributed by atoms with Gasteiger partial charge in [0.25, 0.3) is 5.70 Å². The summed E-state index contributed by atoms with van der Waals surface area (Å²) >= 11 is 2.75. The zero-order valence-electron chi connectivity index (χ0n) is 37.3. The molecule has 0 saturated heterocycles. The third-order valence-electron chi connectivity index (χ3n) is 8.36. The summed E-state index contributed by atoms with van der Waals surface area (Å²) in [7, 11) is 0. The molecule has 7 nitrogen and oxygen atoms in total. The zero-order chi connectivity index (χ0) is 51.7. The van der Waals surface area contributed by atoms with Gasteiger partial charge in [-0.3, -0.25) is 4.79 Å². The van der Waals surface area contributed by atoms with Gasteiger partial charge >= 0.3 is 11.9 Å². The Kier molecular flexibility index (Phi) is 20.7. The number of rotatable bonds is 9. The second kappa shape index (κ2) is 29.3.